The largest absolute Gasteiger partial charge is 0.369 e. The Hall–Kier alpha value is -0.740. The number of benzene rings is 1. The summed E-state index contributed by atoms with van der Waals surface area (Å²) >= 11 is 6.08. The van der Waals surface area contributed by atoms with E-state index in [-0.39, 0.29) is 35.6 Å². The molecule has 2 aliphatic heterocycles. The molecule has 0 radical (unpaired) electrons. The van der Waals surface area contributed by atoms with Crippen molar-refractivity contribution in [3.8, 4) is 0 Å². The zero-order valence-electron chi connectivity index (χ0n) is 14.8. The summed E-state index contributed by atoms with van der Waals surface area (Å²) in [5.41, 5.74) is 1.14. The number of nitrogens with zero attached hydrogens (tertiary/aromatic N) is 2. The van der Waals surface area contributed by atoms with Gasteiger partial charge >= 0.3 is 0 Å². The van der Waals surface area contributed by atoms with E-state index in [9.17, 15) is 8.42 Å². The average molecular weight is 513 g/mol. The van der Waals surface area contributed by atoms with Gasteiger partial charge in [0, 0.05) is 43.4 Å². The van der Waals surface area contributed by atoms with Gasteiger partial charge in [0.2, 0.25) is 0 Å². The molecule has 2 N–H and O–H groups in total. The molecule has 146 valence electrons. The molecule has 0 aliphatic carbocycles. The highest BCUT2D eigenvalue weighted by Gasteiger charge is 2.28. The Balaban J connectivity index is 0.00000243. The van der Waals surface area contributed by atoms with Gasteiger partial charge in [-0.1, -0.05) is 17.7 Å². The topological polar surface area (TPSA) is 73.8 Å². The van der Waals surface area contributed by atoms with Crippen LogP contribution in [0.4, 0.5) is 5.69 Å². The summed E-state index contributed by atoms with van der Waals surface area (Å²) in [7, 11) is -1.09. The van der Waals surface area contributed by atoms with Crippen LogP contribution < -0.4 is 15.5 Å². The molecule has 1 aromatic rings. The molecule has 1 aromatic carbocycles. The van der Waals surface area contributed by atoms with Crippen molar-refractivity contribution in [1.29, 1.82) is 0 Å². The third-order valence-electron chi connectivity index (χ3n) is 4.81. The molecule has 2 atom stereocenters. The molecule has 2 saturated heterocycles. The molecular formula is C17H26ClIN4O2S. The second-order valence-electron chi connectivity index (χ2n) is 6.78. The Morgan fingerprint density at radius 1 is 1.38 bits per heavy atom. The highest BCUT2D eigenvalue weighted by atomic mass is 127. The highest BCUT2D eigenvalue weighted by molar-refractivity contribution is 14.0. The maximum atomic E-state index is 11.5. The molecule has 6 nitrogen and oxygen atoms in total. The lowest BCUT2D eigenvalue weighted by Gasteiger charge is -2.21. The van der Waals surface area contributed by atoms with Crippen molar-refractivity contribution in [1.82, 2.24) is 10.6 Å². The fraction of sp³-hybridized carbons (Fsp3) is 0.588. The van der Waals surface area contributed by atoms with E-state index in [0.717, 1.165) is 42.6 Å². The van der Waals surface area contributed by atoms with Gasteiger partial charge in [-0.3, -0.25) is 4.99 Å². The molecule has 0 saturated carbocycles. The van der Waals surface area contributed by atoms with E-state index in [4.69, 9.17) is 11.6 Å². The zero-order chi connectivity index (χ0) is 17.9. The van der Waals surface area contributed by atoms with Crippen LogP contribution in [-0.2, 0) is 9.84 Å². The Labute approximate surface area is 177 Å². The fourth-order valence-corrected chi connectivity index (χ4v) is 5.49. The molecule has 2 aliphatic rings. The number of sulfone groups is 1. The maximum absolute atomic E-state index is 11.5. The van der Waals surface area contributed by atoms with Crippen molar-refractivity contribution in [3.05, 3.63) is 29.3 Å². The van der Waals surface area contributed by atoms with Crippen molar-refractivity contribution in [3.63, 3.8) is 0 Å². The lowest BCUT2D eigenvalue weighted by molar-refractivity contribution is 0.559. The van der Waals surface area contributed by atoms with Gasteiger partial charge in [-0.05, 0) is 37.0 Å². The standard InChI is InChI=1S/C17H25ClN4O2S.HI/c1-19-17(20-10-13-6-8-25(23,24)12-13)21-15-5-7-22(11-15)16-4-2-3-14(18)9-16;/h2-4,9,13,15H,5-8,10-12H2,1H3,(H2,19,20,21);1H. The van der Waals surface area contributed by atoms with E-state index in [1.165, 1.54) is 0 Å². The van der Waals surface area contributed by atoms with Crippen LogP contribution in [0.3, 0.4) is 0 Å². The Morgan fingerprint density at radius 2 is 2.19 bits per heavy atom. The number of guanidine groups is 1. The maximum Gasteiger partial charge on any atom is 0.191 e. The lowest BCUT2D eigenvalue weighted by Crippen LogP contribution is -2.46. The van der Waals surface area contributed by atoms with E-state index < -0.39 is 9.84 Å². The zero-order valence-corrected chi connectivity index (χ0v) is 18.7. The molecule has 2 heterocycles. The minimum Gasteiger partial charge on any atom is -0.369 e. The van der Waals surface area contributed by atoms with Crippen molar-refractivity contribution in [2.75, 3.05) is 43.1 Å². The molecular weight excluding hydrogens is 487 g/mol. The van der Waals surface area contributed by atoms with Crippen LogP contribution in [0.25, 0.3) is 0 Å². The number of aliphatic imine (C=N–C) groups is 1. The van der Waals surface area contributed by atoms with Gasteiger partial charge in [0.25, 0.3) is 0 Å². The predicted molar refractivity (Wildman–Crippen MR) is 119 cm³/mol. The summed E-state index contributed by atoms with van der Waals surface area (Å²) in [5.74, 6) is 1.50. The third kappa shape index (κ3) is 5.88. The molecule has 2 unspecified atom stereocenters. The summed E-state index contributed by atoms with van der Waals surface area (Å²) in [5, 5.41) is 7.46. The lowest BCUT2D eigenvalue weighted by atomic mass is 10.1. The van der Waals surface area contributed by atoms with E-state index in [1.807, 2.05) is 18.2 Å². The molecule has 0 spiro atoms. The van der Waals surface area contributed by atoms with Crippen LogP contribution in [0.5, 0.6) is 0 Å². The van der Waals surface area contributed by atoms with Crippen LogP contribution >= 0.6 is 35.6 Å². The number of hydrogen-bond donors (Lipinski definition) is 2. The molecule has 0 aromatic heterocycles. The predicted octanol–water partition coefficient (Wildman–Crippen LogP) is 2.14. The first-order valence-corrected chi connectivity index (χ1v) is 10.8. The van der Waals surface area contributed by atoms with E-state index >= 15 is 0 Å². The molecule has 9 heteroatoms. The van der Waals surface area contributed by atoms with E-state index in [2.05, 4.69) is 26.6 Å². The summed E-state index contributed by atoms with van der Waals surface area (Å²) in [6, 6.07) is 8.21. The number of hydrogen-bond acceptors (Lipinski definition) is 4. The summed E-state index contributed by atoms with van der Waals surface area (Å²) in [4.78, 5) is 6.57. The van der Waals surface area contributed by atoms with Crippen molar-refractivity contribution in [2.45, 2.75) is 18.9 Å². The van der Waals surface area contributed by atoms with Gasteiger partial charge in [0.05, 0.1) is 11.5 Å². The second-order valence-corrected chi connectivity index (χ2v) is 9.44. The van der Waals surface area contributed by atoms with Gasteiger partial charge in [0.1, 0.15) is 0 Å². The first kappa shape index (κ1) is 21.6. The minimum absolute atomic E-state index is 0. The monoisotopic (exact) mass is 512 g/mol. The van der Waals surface area contributed by atoms with Gasteiger partial charge in [-0.2, -0.15) is 0 Å². The van der Waals surface area contributed by atoms with Crippen LogP contribution in [0.15, 0.2) is 29.3 Å². The van der Waals surface area contributed by atoms with Gasteiger partial charge in [0.15, 0.2) is 15.8 Å². The van der Waals surface area contributed by atoms with E-state index in [1.54, 1.807) is 7.05 Å². The van der Waals surface area contributed by atoms with Gasteiger partial charge < -0.3 is 15.5 Å². The Kier molecular flexibility index (Phi) is 7.84. The Morgan fingerprint density at radius 3 is 2.85 bits per heavy atom. The van der Waals surface area contributed by atoms with E-state index in [0.29, 0.717) is 18.3 Å². The van der Waals surface area contributed by atoms with Crippen molar-refractivity contribution < 1.29 is 8.42 Å². The summed E-state index contributed by atoms with van der Waals surface area (Å²) in [6.07, 6.45) is 1.75. The SMILES string of the molecule is CN=C(NCC1CCS(=O)(=O)C1)NC1CCN(c2cccc(Cl)c2)C1.I. The van der Waals surface area contributed by atoms with Crippen LogP contribution in [0.2, 0.25) is 5.02 Å². The molecule has 3 rings (SSSR count). The first-order valence-electron chi connectivity index (χ1n) is 8.63. The summed E-state index contributed by atoms with van der Waals surface area (Å²) in [6.45, 7) is 2.50. The summed E-state index contributed by atoms with van der Waals surface area (Å²) < 4.78 is 23.1. The molecule has 0 bridgehead atoms. The quantitative estimate of drug-likeness (QED) is 0.367. The fourth-order valence-electron chi connectivity index (χ4n) is 3.45. The molecule has 0 amide bonds. The van der Waals surface area contributed by atoms with Crippen LogP contribution in [0, 0.1) is 5.92 Å². The molecule has 2 fully saturated rings. The first-order chi connectivity index (χ1) is 11.9. The van der Waals surface area contributed by atoms with Gasteiger partial charge in [-0.25, -0.2) is 8.42 Å². The van der Waals surface area contributed by atoms with Crippen molar-refractivity contribution in [2.24, 2.45) is 10.9 Å². The number of halogens is 2. The second kappa shape index (κ2) is 9.45. The van der Waals surface area contributed by atoms with Gasteiger partial charge in [-0.15, -0.1) is 24.0 Å². The van der Waals surface area contributed by atoms with Crippen LogP contribution in [-0.4, -0.2) is 58.6 Å². The third-order valence-corrected chi connectivity index (χ3v) is 6.88. The highest BCUT2D eigenvalue weighted by Crippen LogP contribution is 2.23. The minimum atomic E-state index is -2.83. The number of anilines is 1. The molecule has 26 heavy (non-hydrogen) atoms. The van der Waals surface area contributed by atoms with Crippen LogP contribution in [0.1, 0.15) is 12.8 Å². The Bertz CT molecular complexity index is 744. The van der Waals surface area contributed by atoms with Crippen molar-refractivity contribution >= 4 is 57.1 Å². The normalized spacial score (nSPS) is 25.0. The number of nitrogens with one attached hydrogen (secondary N) is 2. The number of rotatable bonds is 4. The smallest absolute Gasteiger partial charge is 0.191 e. The average Bonchev–Trinajstić information content (AvgIpc) is 3.17.